The third kappa shape index (κ3) is 3.73. The highest BCUT2D eigenvalue weighted by molar-refractivity contribution is 5.98. The van der Waals surface area contributed by atoms with Crippen LogP contribution in [0, 0.1) is 0 Å². The number of hydrogen-bond acceptors (Lipinski definition) is 4. The van der Waals surface area contributed by atoms with Crippen LogP contribution in [0.1, 0.15) is 22.8 Å². The first kappa shape index (κ1) is 17.6. The standard InChI is InChI=1S/C19H20N4O3/c1-12(24)17(18(20)25)22-19(26)15-7-14-8-21-9-16(14)23(11-15)10-13-5-3-2-4-6-13/h2-9,11-12,17,24H,10H2,1H3,(H2,20,25)(H,22,26)/t12-,17+/m1/s1. The molecule has 7 nitrogen and oxygen atoms in total. The van der Waals surface area contributed by atoms with Crippen LogP contribution in [-0.4, -0.2) is 38.6 Å². The molecular weight excluding hydrogens is 332 g/mol. The van der Waals surface area contributed by atoms with Crippen LogP contribution in [-0.2, 0) is 11.3 Å². The van der Waals surface area contributed by atoms with E-state index in [2.05, 4.69) is 10.3 Å². The lowest BCUT2D eigenvalue weighted by Gasteiger charge is -2.19. The zero-order valence-corrected chi connectivity index (χ0v) is 14.3. The third-order valence-electron chi connectivity index (χ3n) is 4.16. The van der Waals surface area contributed by atoms with Crippen LogP contribution in [0.2, 0.25) is 0 Å². The Morgan fingerprint density at radius 2 is 2.00 bits per heavy atom. The van der Waals surface area contributed by atoms with Gasteiger partial charge in [0.1, 0.15) is 6.04 Å². The first-order valence-electron chi connectivity index (χ1n) is 8.22. The van der Waals surface area contributed by atoms with Crippen LogP contribution < -0.4 is 11.1 Å². The summed E-state index contributed by atoms with van der Waals surface area (Å²) in [5.74, 6) is -1.28. The van der Waals surface area contributed by atoms with Crippen LogP contribution in [0.15, 0.2) is 55.0 Å². The average molecular weight is 352 g/mol. The smallest absolute Gasteiger partial charge is 0.253 e. The Labute approximate surface area is 150 Å². The maximum atomic E-state index is 12.6. The first-order chi connectivity index (χ1) is 12.5. The Bertz CT molecular complexity index is 889. The molecule has 0 aliphatic carbocycles. The van der Waals surface area contributed by atoms with Crippen molar-refractivity contribution in [2.45, 2.75) is 25.6 Å². The number of aliphatic hydroxyl groups excluding tert-OH is 1. The van der Waals surface area contributed by atoms with Crippen molar-refractivity contribution in [3.05, 3.63) is 66.1 Å². The van der Waals surface area contributed by atoms with Crippen molar-refractivity contribution >= 4 is 11.8 Å². The molecule has 0 radical (unpaired) electrons. The second kappa shape index (κ2) is 7.37. The monoisotopic (exact) mass is 352 g/mol. The number of amides is 2. The molecule has 134 valence electrons. The third-order valence-corrected chi connectivity index (χ3v) is 4.16. The number of aliphatic hydroxyl groups is 1. The van der Waals surface area contributed by atoms with Gasteiger partial charge in [-0.3, -0.25) is 14.6 Å². The van der Waals surface area contributed by atoms with Crippen LogP contribution in [0.25, 0.3) is 11.3 Å². The van der Waals surface area contributed by atoms with Crippen molar-refractivity contribution in [2.75, 3.05) is 0 Å². The Hall–Kier alpha value is -3.19. The number of fused-ring (bicyclic) bond motifs is 1. The lowest BCUT2D eigenvalue weighted by molar-refractivity contribution is -0.122. The molecule has 26 heavy (non-hydrogen) atoms. The molecule has 0 saturated carbocycles. The SMILES string of the molecule is C[C@@H](O)[C@H](NC(=O)c1cc2cncc-2n(Cc2ccccc2)c1)C(N)=O. The number of nitrogens with zero attached hydrogens (tertiary/aromatic N) is 2. The average Bonchev–Trinajstić information content (AvgIpc) is 3.08. The molecule has 2 aliphatic heterocycles. The van der Waals surface area contributed by atoms with E-state index in [1.54, 1.807) is 24.7 Å². The summed E-state index contributed by atoms with van der Waals surface area (Å²) >= 11 is 0. The maximum Gasteiger partial charge on any atom is 0.253 e. The fourth-order valence-corrected chi connectivity index (χ4v) is 2.81. The molecule has 7 heteroatoms. The normalized spacial score (nSPS) is 13.3. The fourth-order valence-electron chi connectivity index (χ4n) is 2.81. The molecule has 2 aliphatic rings. The van der Waals surface area contributed by atoms with E-state index in [-0.39, 0.29) is 0 Å². The number of rotatable bonds is 6. The summed E-state index contributed by atoms with van der Waals surface area (Å²) in [5.41, 5.74) is 8.38. The molecule has 0 spiro atoms. The number of pyridine rings is 1. The second-order valence-electron chi connectivity index (χ2n) is 6.18. The summed E-state index contributed by atoms with van der Waals surface area (Å²) in [7, 11) is 0. The largest absolute Gasteiger partial charge is 0.391 e. The lowest BCUT2D eigenvalue weighted by atomic mass is 10.1. The highest BCUT2D eigenvalue weighted by Gasteiger charge is 2.24. The van der Waals surface area contributed by atoms with Crippen molar-refractivity contribution in [1.29, 1.82) is 0 Å². The van der Waals surface area contributed by atoms with Crippen molar-refractivity contribution in [3.63, 3.8) is 0 Å². The molecule has 0 fully saturated rings. The van der Waals surface area contributed by atoms with Gasteiger partial charge in [-0.15, -0.1) is 0 Å². The molecule has 1 aromatic rings. The molecule has 4 N–H and O–H groups in total. The van der Waals surface area contributed by atoms with E-state index < -0.39 is 24.0 Å². The molecule has 2 amide bonds. The van der Waals surface area contributed by atoms with E-state index in [0.29, 0.717) is 12.1 Å². The molecule has 0 bridgehead atoms. The molecular formula is C19H20N4O3. The van der Waals surface area contributed by atoms with E-state index in [1.165, 1.54) is 6.92 Å². The molecule has 0 saturated heterocycles. The summed E-state index contributed by atoms with van der Waals surface area (Å²) in [6, 6.07) is 10.4. The minimum absolute atomic E-state index is 0.355. The molecule has 3 rings (SSSR count). The fraction of sp³-hybridized carbons (Fsp3) is 0.211. The maximum absolute atomic E-state index is 12.6. The van der Waals surface area contributed by atoms with E-state index in [1.807, 2.05) is 34.9 Å². The van der Waals surface area contributed by atoms with Crippen molar-refractivity contribution in [1.82, 2.24) is 14.9 Å². The highest BCUT2D eigenvalue weighted by atomic mass is 16.3. The summed E-state index contributed by atoms with van der Waals surface area (Å²) in [5, 5.41) is 12.1. The van der Waals surface area contributed by atoms with Gasteiger partial charge >= 0.3 is 0 Å². The molecule has 1 aromatic carbocycles. The van der Waals surface area contributed by atoms with Gasteiger partial charge in [0.05, 0.1) is 23.6 Å². The van der Waals surface area contributed by atoms with E-state index in [0.717, 1.165) is 16.8 Å². The van der Waals surface area contributed by atoms with Gasteiger partial charge in [0.15, 0.2) is 0 Å². The highest BCUT2D eigenvalue weighted by Crippen LogP contribution is 2.24. The number of carbonyl (C=O) groups is 2. The summed E-state index contributed by atoms with van der Waals surface area (Å²) in [6.45, 7) is 1.97. The van der Waals surface area contributed by atoms with Gasteiger partial charge in [-0.2, -0.15) is 0 Å². The van der Waals surface area contributed by atoms with Crippen LogP contribution in [0.3, 0.4) is 0 Å². The Balaban J connectivity index is 1.93. The molecule has 2 heterocycles. The van der Waals surface area contributed by atoms with Gasteiger partial charge in [-0.25, -0.2) is 0 Å². The zero-order chi connectivity index (χ0) is 18.7. The topological polar surface area (TPSA) is 110 Å². The molecule has 2 atom stereocenters. The summed E-state index contributed by atoms with van der Waals surface area (Å²) in [4.78, 5) is 28.1. The summed E-state index contributed by atoms with van der Waals surface area (Å²) < 4.78 is 1.92. The number of carbonyl (C=O) groups excluding carboxylic acids is 2. The number of hydrogen-bond donors (Lipinski definition) is 3. The minimum Gasteiger partial charge on any atom is -0.391 e. The van der Waals surface area contributed by atoms with E-state index in [4.69, 9.17) is 5.73 Å². The van der Waals surface area contributed by atoms with Crippen molar-refractivity contribution in [2.24, 2.45) is 5.73 Å². The minimum atomic E-state index is -1.15. The van der Waals surface area contributed by atoms with Gasteiger partial charge in [0.2, 0.25) is 5.91 Å². The Morgan fingerprint density at radius 3 is 2.65 bits per heavy atom. The van der Waals surface area contributed by atoms with E-state index in [9.17, 15) is 14.7 Å². The Kier molecular flexibility index (Phi) is 4.99. The van der Waals surface area contributed by atoms with Gasteiger partial charge in [0, 0.05) is 24.5 Å². The number of benzene rings is 1. The summed E-state index contributed by atoms with van der Waals surface area (Å²) in [6.07, 6.45) is 4.03. The van der Waals surface area contributed by atoms with Crippen LogP contribution in [0.4, 0.5) is 0 Å². The van der Waals surface area contributed by atoms with Crippen molar-refractivity contribution in [3.8, 4) is 11.3 Å². The number of nitrogens with two attached hydrogens (primary N) is 1. The van der Waals surface area contributed by atoms with Crippen molar-refractivity contribution < 1.29 is 14.7 Å². The molecule has 0 unspecified atom stereocenters. The zero-order valence-electron chi connectivity index (χ0n) is 14.3. The Morgan fingerprint density at radius 1 is 1.27 bits per heavy atom. The van der Waals surface area contributed by atoms with Gasteiger partial charge < -0.3 is 20.7 Å². The van der Waals surface area contributed by atoms with E-state index >= 15 is 0 Å². The predicted octanol–water partition coefficient (Wildman–Crippen LogP) is 1.00. The lowest BCUT2D eigenvalue weighted by Crippen LogP contribution is -2.50. The van der Waals surface area contributed by atoms with Gasteiger partial charge in [-0.05, 0) is 18.6 Å². The molecule has 0 aromatic heterocycles. The second-order valence-corrected chi connectivity index (χ2v) is 6.18. The number of aromatic nitrogens is 2. The number of primary amides is 1. The van der Waals surface area contributed by atoms with Gasteiger partial charge in [0.25, 0.3) is 5.91 Å². The van der Waals surface area contributed by atoms with Crippen LogP contribution in [0.5, 0.6) is 0 Å². The first-order valence-corrected chi connectivity index (χ1v) is 8.22. The quantitative estimate of drug-likeness (QED) is 0.615. The van der Waals surface area contributed by atoms with Crippen LogP contribution >= 0.6 is 0 Å². The predicted molar refractivity (Wildman–Crippen MR) is 96.5 cm³/mol. The van der Waals surface area contributed by atoms with Gasteiger partial charge in [-0.1, -0.05) is 30.3 Å². The number of nitrogens with one attached hydrogen (secondary N) is 1.